The minimum atomic E-state index is -0.373. The van der Waals surface area contributed by atoms with Crippen molar-refractivity contribution in [1.29, 1.82) is 0 Å². The molecule has 116 valence electrons. The van der Waals surface area contributed by atoms with Crippen molar-refractivity contribution in [1.82, 2.24) is 0 Å². The van der Waals surface area contributed by atoms with E-state index in [1.807, 2.05) is 45.0 Å². The van der Waals surface area contributed by atoms with Crippen LogP contribution in [-0.4, -0.2) is 11.8 Å². The van der Waals surface area contributed by atoms with E-state index in [9.17, 15) is 9.59 Å². The van der Waals surface area contributed by atoms with Crippen LogP contribution in [0.3, 0.4) is 0 Å². The molecule has 4 heteroatoms. The van der Waals surface area contributed by atoms with Crippen LogP contribution in [0.25, 0.3) is 0 Å². The molecule has 0 saturated heterocycles. The van der Waals surface area contributed by atoms with Crippen LogP contribution in [0, 0.1) is 6.92 Å². The SMILES string of the molecule is CC.CC(=O)c1ccccc1NC(=O)Nc1ccc(C)cc1. The summed E-state index contributed by atoms with van der Waals surface area (Å²) in [6.07, 6.45) is 0. The zero-order chi connectivity index (χ0) is 16.5. The summed E-state index contributed by atoms with van der Waals surface area (Å²) in [5.41, 5.74) is 2.82. The normalized spacial score (nSPS) is 9.27. The van der Waals surface area contributed by atoms with Gasteiger partial charge in [-0.2, -0.15) is 0 Å². The minimum absolute atomic E-state index is 0.0868. The largest absolute Gasteiger partial charge is 0.323 e. The molecule has 4 nitrogen and oxygen atoms in total. The Morgan fingerprint density at radius 1 is 0.864 bits per heavy atom. The van der Waals surface area contributed by atoms with Crippen molar-refractivity contribution in [3.05, 3.63) is 59.7 Å². The topological polar surface area (TPSA) is 58.2 Å². The molecule has 2 amide bonds. The van der Waals surface area contributed by atoms with Gasteiger partial charge < -0.3 is 10.6 Å². The monoisotopic (exact) mass is 298 g/mol. The summed E-state index contributed by atoms with van der Waals surface area (Å²) in [4.78, 5) is 23.4. The smallest absolute Gasteiger partial charge is 0.308 e. The first-order valence-corrected chi connectivity index (χ1v) is 7.31. The van der Waals surface area contributed by atoms with Gasteiger partial charge in [-0.15, -0.1) is 0 Å². The number of hydrogen-bond acceptors (Lipinski definition) is 2. The molecular weight excluding hydrogens is 276 g/mol. The van der Waals surface area contributed by atoms with E-state index >= 15 is 0 Å². The maximum Gasteiger partial charge on any atom is 0.323 e. The molecule has 0 bridgehead atoms. The predicted octanol–water partition coefficient (Wildman–Crippen LogP) is 4.87. The Morgan fingerprint density at radius 2 is 1.45 bits per heavy atom. The van der Waals surface area contributed by atoms with Gasteiger partial charge in [0, 0.05) is 11.3 Å². The molecule has 22 heavy (non-hydrogen) atoms. The van der Waals surface area contributed by atoms with E-state index < -0.39 is 0 Å². The Kier molecular flexibility index (Phi) is 6.83. The Labute approximate surface area is 131 Å². The molecular formula is C18H22N2O2. The fraction of sp³-hybridized carbons (Fsp3) is 0.222. The van der Waals surface area contributed by atoms with Gasteiger partial charge in [-0.3, -0.25) is 4.79 Å². The van der Waals surface area contributed by atoms with Crippen molar-refractivity contribution < 1.29 is 9.59 Å². The minimum Gasteiger partial charge on any atom is -0.308 e. The molecule has 0 unspecified atom stereocenters. The van der Waals surface area contributed by atoms with Gasteiger partial charge in [0.2, 0.25) is 0 Å². The Bertz CT molecular complexity index is 634. The molecule has 0 atom stereocenters. The second-order valence-electron chi connectivity index (χ2n) is 4.55. The fourth-order valence-corrected chi connectivity index (χ4v) is 1.82. The van der Waals surface area contributed by atoms with Crippen molar-refractivity contribution in [2.45, 2.75) is 27.7 Å². The van der Waals surface area contributed by atoms with Crippen LogP contribution in [-0.2, 0) is 0 Å². The van der Waals surface area contributed by atoms with Gasteiger partial charge in [0.05, 0.1) is 5.69 Å². The third-order valence-electron chi connectivity index (χ3n) is 2.86. The Hall–Kier alpha value is -2.62. The molecule has 0 aromatic heterocycles. The number of benzene rings is 2. The third-order valence-corrected chi connectivity index (χ3v) is 2.86. The van der Waals surface area contributed by atoms with Gasteiger partial charge in [-0.1, -0.05) is 43.7 Å². The summed E-state index contributed by atoms with van der Waals surface area (Å²) in [6.45, 7) is 7.45. The zero-order valence-electron chi connectivity index (χ0n) is 13.4. The van der Waals surface area contributed by atoms with Crippen molar-refractivity contribution in [3.63, 3.8) is 0 Å². The van der Waals surface area contributed by atoms with Crippen molar-refractivity contribution >= 4 is 23.2 Å². The van der Waals surface area contributed by atoms with Crippen molar-refractivity contribution in [2.24, 2.45) is 0 Å². The second-order valence-corrected chi connectivity index (χ2v) is 4.55. The molecule has 2 N–H and O–H groups in total. The number of aryl methyl sites for hydroxylation is 1. The summed E-state index contributed by atoms with van der Waals surface area (Å²) >= 11 is 0. The van der Waals surface area contributed by atoms with Crippen LogP contribution >= 0.6 is 0 Å². The molecule has 0 saturated carbocycles. The fourth-order valence-electron chi connectivity index (χ4n) is 1.82. The summed E-state index contributed by atoms with van der Waals surface area (Å²) < 4.78 is 0. The van der Waals surface area contributed by atoms with E-state index in [1.165, 1.54) is 6.92 Å². The lowest BCUT2D eigenvalue weighted by Gasteiger charge is -2.10. The van der Waals surface area contributed by atoms with Gasteiger partial charge in [0.25, 0.3) is 0 Å². The summed E-state index contributed by atoms with van der Waals surface area (Å²) in [7, 11) is 0. The molecule has 2 aromatic rings. The van der Waals surface area contributed by atoms with Crippen LogP contribution < -0.4 is 10.6 Å². The molecule has 0 aliphatic rings. The first-order valence-electron chi connectivity index (χ1n) is 7.31. The molecule has 0 aliphatic carbocycles. The number of ketones is 1. The van der Waals surface area contributed by atoms with Crippen LogP contribution in [0.1, 0.15) is 36.7 Å². The number of hydrogen-bond donors (Lipinski definition) is 2. The number of para-hydroxylation sites is 1. The highest BCUT2D eigenvalue weighted by molar-refractivity contribution is 6.06. The van der Waals surface area contributed by atoms with Crippen LogP contribution in [0.15, 0.2) is 48.5 Å². The van der Waals surface area contributed by atoms with E-state index in [0.29, 0.717) is 16.9 Å². The van der Waals surface area contributed by atoms with Crippen molar-refractivity contribution in [2.75, 3.05) is 10.6 Å². The number of amides is 2. The van der Waals surface area contributed by atoms with E-state index in [1.54, 1.807) is 24.3 Å². The number of rotatable bonds is 3. The summed E-state index contributed by atoms with van der Waals surface area (Å²) in [5, 5.41) is 5.41. The number of carbonyl (C=O) groups excluding carboxylic acids is 2. The Morgan fingerprint density at radius 3 is 2.05 bits per heavy atom. The van der Waals surface area contributed by atoms with Gasteiger partial charge in [-0.05, 0) is 38.1 Å². The standard InChI is InChI=1S/C16H16N2O2.C2H6/c1-11-7-9-13(10-8-11)17-16(20)18-15-6-4-3-5-14(15)12(2)19;1-2/h3-10H,1-2H3,(H2,17,18,20);1-2H3. The van der Waals surface area contributed by atoms with E-state index in [0.717, 1.165) is 5.56 Å². The highest BCUT2D eigenvalue weighted by atomic mass is 16.2. The maximum absolute atomic E-state index is 11.9. The number of Topliss-reactive ketones (excluding diaryl/α,β-unsaturated/α-hetero) is 1. The van der Waals surface area contributed by atoms with E-state index in [4.69, 9.17) is 0 Å². The average molecular weight is 298 g/mol. The lowest BCUT2D eigenvalue weighted by molar-refractivity contribution is 0.101. The second kappa shape index (κ2) is 8.62. The number of anilines is 2. The van der Waals surface area contributed by atoms with E-state index in [-0.39, 0.29) is 11.8 Å². The molecule has 2 aromatic carbocycles. The molecule has 0 radical (unpaired) electrons. The van der Waals surface area contributed by atoms with Gasteiger partial charge in [-0.25, -0.2) is 4.79 Å². The third kappa shape index (κ3) is 5.05. The van der Waals surface area contributed by atoms with Crippen LogP contribution in [0.4, 0.5) is 16.2 Å². The first kappa shape index (κ1) is 17.4. The zero-order valence-corrected chi connectivity index (χ0v) is 13.4. The Balaban J connectivity index is 0.00000116. The highest BCUT2D eigenvalue weighted by Crippen LogP contribution is 2.16. The lowest BCUT2D eigenvalue weighted by atomic mass is 10.1. The quantitative estimate of drug-likeness (QED) is 0.794. The maximum atomic E-state index is 11.9. The van der Waals surface area contributed by atoms with Gasteiger partial charge in [0.1, 0.15) is 0 Å². The predicted molar refractivity (Wildman–Crippen MR) is 91.6 cm³/mol. The first-order chi connectivity index (χ1) is 10.6. The van der Waals surface area contributed by atoms with Gasteiger partial charge >= 0.3 is 6.03 Å². The number of nitrogens with one attached hydrogen (secondary N) is 2. The molecule has 0 heterocycles. The lowest BCUT2D eigenvalue weighted by Crippen LogP contribution is -2.20. The summed E-state index contributed by atoms with van der Waals surface area (Å²) in [6, 6.07) is 14.0. The molecule has 0 fully saturated rings. The highest BCUT2D eigenvalue weighted by Gasteiger charge is 2.09. The van der Waals surface area contributed by atoms with Crippen molar-refractivity contribution in [3.8, 4) is 0 Å². The molecule has 2 rings (SSSR count). The number of urea groups is 1. The van der Waals surface area contributed by atoms with E-state index in [2.05, 4.69) is 10.6 Å². The number of carbonyl (C=O) groups is 2. The van der Waals surface area contributed by atoms with Crippen LogP contribution in [0.5, 0.6) is 0 Å². The summed E-state index contributed by atoms with van der Waals surface area (Å²) in [5.74, 6) is -0.0868. The van der Waals surface area contributed by atoms with Gasteiger partial charge in [0.15, 0.2) is 5.78 Å². The average Bonchev–Trinajstić information content (AvgIpc) is 2.52. The molecule has 0 spiro atoms. The van der Waals surface area contributed by atoms with Crippen LogP contribution in [0.2, 0.25) is 0 Å². The molecule has 0 aliphatic heterocycles.